The summed E-state index contributed by atoms with van der Waals surface area (Å²) in [6.45, 7) is 3.65. The summed E-state index contributed by atoms with van der Waals surface area (Å²) in [4.78, 5) is 37.5. The number of nitrogens with one attached hydrogen (secondary N) is 2. The van der Waals surface area contributed by atoms with E-state index >= 15 is 0 Å². The number of pyridine rings is 1. The second-order valence-electron chi connectivity index (χ2n) is 9.17. The number of carboxylic acids is 1. The lowest BCUT2D eigenvalue weighted by molar-refractivity contribution is -0.142. The number of rotatable bonds is 12. The van der Waals surface area contributed by atoms with Crippen LogP contribution in [-0.4, -0.2) is 57.7 Å². The second-order valence-corrected chi connectivity index (χ2v) is 9.17. The van der Waals surface area contributed by atoms with Crippen LogP contribution in [-0.2, 0) is 32.6 Å². The van der Waals surface area contributed by atoms with Gasteiger partial charge in [0.15, 0.2) is 0 Å². The summed E-state index contributed by atoms with van der Waals surface area (Å²) >= 11 is 0. The number of carbonyl (C=O) groups excluding carboxylic acids is 1. The van der Waals surface area contributed by atoms with Crippen LogP contribution in [0, 0.1) is 6.92 Å². The molecule has 1 amide bonds. The first-order chi connectivity index (χ1) is 16.5. The predicted octanol–water partition coefficient (Wildman–Crippen LogP) is 2.57. The fourth-order valence-corrected chi connectivity index (χ4v) is 4.48. The Kier molecular flexibility index (Phi) is 7.72. The third-order valence-corrected chi connectivity index (χ3v) is 6.69. The van der Waals surface area contributed by atoms with E-state index in [1.54, 1.807) is 6.20 Å². The minimum atomic E-state index is -1.05. The van der Waals surface area contributed by atoms with Gasteiger partial charge in [0, 0.05) is 49.3 Å². The number of amides is 1. The largest absolute Gasteiger partial charge is 0.480 e. The first kappa shape index (κ1) is 24.1. The third kappa shape index (κ3) is 5.70. The zero-order valence-electron chi connectivity index (χ0n) is 19.7. The molecule has 34 heavy (non-hydrogen) atoms. The van der Waals surface area contributed by atoms with Gasteiger partial charge in [0.1, 0.15) is 18.2 Å². The van der Waals surface area contributed by atoms with Crippen LogP contribution >= 0.6 is 0 Å². The van der Waals surface area contributed by atoms with E-state index in [-0.39, 0.29) is 18.9 Å². The molecule has 0 spiro atoms. The SMILES string of the molecule is Cc1ncncc1C1(C(=O)N[C@@H](CCOCCCCc2ccc3c(n2)NCCC3)C(=O)O)CC1. The van der Waals surface area contributed by atoms with Crippen LogP contribution in [0.15, 0.2) is 24.7 Å². The fourth-order valence-electron chi connectivity index (χ4n) is 4.48. The van der Waals surface area contributed by atoms with Crippen LogP contribution in [0.3, 0.4) is 0 Å². The monoisotopic (exact) mass is 467 g/mol. The number of hydrogen-bond donors (Lipinski definition) is 3. The molecule has 0 radical (unpaired) electrons. The maximum absolute atomic E-state index is 12.9. The highest BCUT2D eigenvalue weighted by molar-refractivity contribution is 5.94. The van der Waals surface area contributed by atoms with Gasteiger partial charge in [0.25, 0.3) is 0 Å². The van der Waals surface area contributed by atoms with Gasteiger partial charge in [-0.05, 0) is 63.5 Å². The Hall–Kier alpha value is -3.07. The summed E-state index contributed by atoms with van der Waals surface area (Å²) in [5, 5.41) is 15.6. The predicted molar refractivity (Wildman–Crippen MR) is 127 cm³/mol. The van der Waals surface area contributed by atoms with Crippen molar-refractivity contribution in [1.82, 2.24) is 20.3 Å². The number of carbonyl (C=O) groups is 2. The fraction of sp³-hybridized carbons (Fsp3) is 0.560. The molecule has 182 valence electrons. The number of aromatic nitrogens is 3. The number of hydrogen-bond acceptors (Lipinski definition) is 7. The molecule has 0 bridgehead atoms. The van der Waals surface area contributed by atoms with Gasteiger partial charge in [-0.2, -0.15) is 0 Å². The minimum absolute atomic E-state index is 0.222. The van der Waals surface area contributed by atoms with Crippen molar-refractivity contribution in [3.8, 4) is 0 Å². The molecule has 9 nitrogen and oxygen atoms in total. The quantitative estimate of drug-likeness (QED) is 0.407. The Bertz CT molecular complexity index is 1020. The van der Waals surface area contributed by atoms with Gasteiger partial charge in [-0.15, -0.1) is 0 Å². The molecule has 2 aromatic heterocycles. The Morgan fingerprint density at radius 2 is 2.12 bits per heavy atom. The summed E-state index contributed by atoms with van der Waals surface area (Å²) in [5.74, 6) is -0.310. The second kappa shape index (κ2) is 10.9. The molecule has 0 unspecified atom stereocenters. The molecule has 1 fully saturated rings. The highest BCUT2D eigenvalue weighted by Gasteiger charge is 2.53. The van der Waals surface area contributed by atoms with Crippen LogP contribution in [0.5, 0.6) is 0 Å². The van der Waals surface area contributed by atoms with Crippen molar-refractivity contribution in [2.45, 2.75) is 69.7 Å². The van der Waals surface area contributed by atoms with E-state index < -0.39 is 17.4 Å². The van der Waals surface area contributed by atoms with E-state index in [0.29, 0.717) is 19.4 Å². The zero-order valence-corrected chi connectivity index (χ0v) is 19.7. The van der Waals surface area contributed by atoms with Gasteiger partial charge < -0.3 is 20.5 Å². The van der Waals surface area contributed by atoms with E-state index in [0.717, 1.165) is 61.4 Å². The van der Waals surface area contributed by atoms with Gasteiger partial charge in [0.2, 0.25) is 5.91 Å². The lowest BCUT2D eigenvalue weighted by atomic mass is 9.94. The molecule has 2 aromatic rings. The highest BCUT2D eigenvalue weighted by atomic mass is 16.5. The van der Waals surface area contributed by atoms with E-state index in [9.17, 15) is 14.7 Å². The summed E-state index contributed by atoms with van der Waals surface area (Å²) in [6, 6.07) is 3.28. The van der Waals surface area contributed by atoms with Crippen molar-refractivity contribution >= 4 is 17.7 Å². The Balaban J connectivity index is 1.16. The molecular formula is C25H33N5O4. The summed E-state index contributed by atoms with van der Waals surface area (Å²) in [7, 11) is 0. The summed E-state index contributed by atoms with van der Waals surface area (Å²) in [6.07, 6.45) is 9.61. The molecule has 3 heterocycles. The molecule has 0 saturated heterocycles. The van der Waals surface area contributed by atoms with Gasteiger partial charge in [-0.25, -0.2) is 19.7 Å². The maximum atomic E-state index is 12.9. The number of ether oxygens (including phenoxy) is 1. The van der Waals surface area contributed by atoms with Crippen molar-refractivity contribution in [2.75, 3.05) is 25.1 Å². The number of carboxylic acid groups (broad SMARTS) is 1. The molecule has 3 N–H and O–H groups in total. The van der Waals surface area contributed by atoms with Crippen LogP contribution in [0.2, 0.25) is 0 Å². The smallest absolute Gasteiger partial charge is 0.326 e. The first-order valence-corrected chi connectivity index (χ1v) is 12.1. The van der Waals surface area contributed by atoms with E-state index in [4.69, 9.17) is 9.72 Å². The maximum Gasteiger partial charge on any atom is 0.326 e. The summed E-state index contributed by atoms with van der Waals surface area (Å²) < 4.78 is 5.66. The number of fused-ring (bicyclic) bond motifs is 1. The van der Waals surface area contributed by atoms with Crippen LogP contribution < -0.4 is 10.6 Å². The molecule has 4 rings (SSSR count). The topological polar surface area (TPSA) is 126 Å². The number of anilines is 1. The van der Waals surface area contributed by atoms with Gasteiger partial charge in [0.05, 0.1) is 5.41 Å². The van der Waals surface area contributed by atoms with Gasteiger partial charge in [-0.1, -0.05) is 6.07 Å². The van der Waals surface area contributed by atoms with Crippen molar-refractivity contribution in [2.24, 2.45) is 0 Å². The Morgan fingerprint density at radius 1 is 1.26 bits per heavy atom. The number of nitrogens with zero attached hydrogens (tertiary/aromatic N) is 3. The van der Waals surface area contributed by atoms with E-state index in [1.165, 1.54) is 11.9 Å². The summed E-state index contributed by atoms with van der Waals surface area (Å²) in [5.41, 5.74) is 3.19. The Morgan fingerprint density at radius 3 is 2.88 bits per heavy atom. The van der Waals surface area contributed by atoms with Crippen molar-refractivity contribution in [3.05, 3.63) is 47.2 Å². The lowest BCUT2D eigenvalue weighted by Gasteiger charge is -2.20. The molecule has 2 aliphatic rings. The van der Waals surface area contributed by atoms with Crippen LogP contribution in [0.1, 0.15) is 61.0 Å². The lowest BCUT2D eigenvalue weighted by Crippen LogP contribution is -2.46. The highest BCUT2D eigenvalue weighted by Crippen LogP contribution is 2.49. The van der Waals surface area contributed by atoms with E-state index in [1.807, 2.05) is 6.92 Å². The molecule has 1 saturated carbocycles. The number of aliphatic carboxylic acids is 1. The normalized spacial score (nSPS) is 16.7. The third-order valence-electron chi connectivity index (χ3n) is 6.69. The van der Waals surface area contributed by atoms with Crippen molar-refractivity contribution in [3.63, 3.8) is 0 Å². The van der Waals surface area contributed by atoms with Crippen LogP contribution in [0.25, 0.3) is 0 Å². The first-order valence-electron chi connectivity index (χ1n) is 12.1. The van der Waals surface area contributed by atoms with Gasteiger partial charge in [-0.3, -0.25) is 4.79 Å². The average Bonchev–Trinajstić information content (AvgIpc) is 3.64. The number of unbranched alkanes of at least 4 members (excludes halogenated alkanes) is 1. The van der Waals surface area contributed by atoms with Crippen molar-refractivity contribution in [1.29, 1.82) is 0 Å². The standard InChI is InChI=1S/C25H33N5O4/c1-17-20(15-26-16-28-17)25(10-11-25)24(33)30-21(23(31)32)9-14-34-13-3-2-6-19-8-7-18-5-4-12-27-22(18)29-19/h7-8,15-16,21H,2-6,9-14H2,1H3,(H,27,29)(H,30,33)(H,31,32)/t21-/m0/s1. The molecule has 0 aromatic carbocycles. The average molecular weight is 468 g/mol. The minimum Gasteiger partial charge on any atom is -0.480 e. The van der Waals surface area contributed by atoms with Crippen molar-refractivity contribution < 1.29 is 19.4 Å². The zero-order chi connectivity index (χ0) is 24.0. The molecule has 1 atom stereocenters. The Labute approximate surface area is 199 Å². The molecule has 1 aliphatic heterocycles. The molecular weight excluding hydrogens is 434 g/mol. The number of aryl methyl sites for hydroxylation is 3. The van der Waals surface area contributed by atoms with Gasteiger partial charge >= 0.3 is 5.97 Å². The molecule has 1 aliphatic carbocycles. The molecule has 9 heteroatoms. The van der Waals surface area contributed by atoms with Crippen LogP contribution in [0.4, 0.5) is 5.82 Å². The van der Waals surface area contributed by atoms with E-state index in [2.05, 4.69) is 32.7 Å².